The van der Waals surface area contributed by atoms with Crippen molar-refractivity contribution in [1.29, 1.82) is 0 Å². The van der Waals surface area contributed by atoms with Crippen molar-refractivity contribution in [2.24, 2.45) is 11.5 Å². The Hall–Kier alpha value is -3.78. The summed E-state index contributed by atoms with van der Waals surface area (Å²) >= 11 is 0. The van der Waals surface area contributed by atoms with Gasteiger partial charge in [-0.25, -0.2) is 14.8 Å². The Bertz CT molecular complexity index is 949. The predicted octanol–water partition coefficient (Wildman–Crippen LogP) is -2.07. The van der Waals surface area contributed by atoms with Gasteiger partial charge in [0.1, 0.15) is 18.1 Å². The van der Waals surface area contributed by atoms with Gasteiger partial charge in [0.25, 0.3) is 0 Å². The number of carbonyl (C=O) groups is 4. The third-order valence-electron chi connectivity index (χ3n) is 5.26. The largest absolute Gasteiger partial charge is 0.480 e. The molecule has 14 nitrogen and oxygen atoms in total. The number of nitrogens with one attached hydrogen (secondary N) is 5. The second-order valence-electron chi connectivity index (χ2n) is 8.14. The first-order chi connectivity index (χ1) is 16.7. The number of imidazole rings is 2. The lowest BCUT2D eigenvalue weighted by molar-refractivity contribution is -0.142. The highest BCUT2D eigenvalue weighted by atomic mass is 16.4. The van der Waals surface area contributed by atoms with Crippen LogP contribution in [0, 0.1) is 0 Å². The molecule has 4 atom stereocenters. The number of aliphatic carboxylic acids is 1. The number of rotatable bonds is 15. The van der Waals surface area contributed by atoms with E-state index < -0.39 is 47.9 Å². The molecule has 2 rings (SSSR count). The fraction of sp³-hybridized carbons (Fsp3) is 0.524. The minimum absolute atomic E-state index is 0.0344. The number of hydrogen-bond acceptors (Lipinski definition) is 8. The minimum atomic E-state index is -1.19. The summed E-state index contributed by atoms with van der Waals surface area (Å²) in [5.74, 6) is -3.05. The first-order valence-electron chi connectivity index (χ1n) is 11.2. The molecule has 192 valence electrons. The highest BCUT2D eigenvalue weighted by Gasteiger charge is 2.29. The minimum Gasteiger partial charge on any atom is -0.480 e. The Morgan fingerprint density at radius 1 is 0.914 bits per heavy atom. The number of hydrogen-bond donors (Lipinski definition) is 8. The molecule has 0 spiro atoms. The van der Waals surface area contributed by atoms with Crippen LogP contribution in [-0.4, -0.2) is 79.4 Å². The van der Waals surface area contributed by atoms with E-state index in [9.17, 15) is 24.3 Å². The number of carbonyl (C=O) groups excluding carboxylic acids is 3. The van der Waals surface area contributed by atoms with Crippen molar-refractivity contribution in [3.05, 3.63) is 36.4 Å². The van der Waals surface area contributed by atoms with Crippen LogP contribution in [0.3, 0.4) is 0 Å². The van der Waals surface area contributed by atoms with Gasteiger partial charge in [0.15, 0.2) is 0 Å². The first-order valence-corrected chi connectivity index (χ1v) is 11.2. The van der Waals surface area contributed by atoms with Gasteiger partial charge in [0.2, 0.25) is 17.7 Å². The van der Waals surface area contributed by atoms with Gasteiger partial charge >= 0.3 is 5.97 Å². The lowest BCUT2D eigenvalue weighted by Crippen LogP contribution is -2.57. The Labute approximate surface area is 202 Å². The topological polar surface area (TPSA) is 234 Å². The van der Waals surface area contributed by atoms with Crippen LogP contribution in [-0.2, 0) is 32.0 Å². The number of amides is 3. The summed E-state index contributed by atoms with van der Waals surface area (Å²) in [6.07, 6.45) is 7.49. The van der Waals surface area contributed by atoms with Crippen molar-refractivity contribution in [3.8, 4) is 0 Å². The Balaban J connectivity index is 2.00. The van der Waals surface area contributed by atoms with E-state index in [1.807, 2.05) is 0 Å². The molecule has 2 aromatic heterocycles. The fourth-order valence-corrected chi connectivity index (χ4v) is 3.26. The van der Waals surface area contributed by atoms with Crippen LogP contribution < -0.4 is 27.4 Å². The van der Waals surface area contributed by atoms with Gasteiger partial charge < -0.3 is 42.5 Å². The second-order valence-corrected chi connectivity index (χ2v) is 8.14. The van der Waals surface area contributed by atoms with Gasteiger partial charge in [-0.2, -0.15) is 0 Å². The summed E-state index contributed by atoms with van der Waals surface area (Å²) in [4.78, 5) is 63.1. The Morgan fingerprint density at radius 2 is 1.51 bits per heavy atom. The highest BCUT2D eigenvalue weighted by molar-refractivity contribution is 5.94. The van der Waals surface area contributed by atoms with Crippen molar-refractivity contribution in [1.82, 2.24) is 35.9 Å². The molecule has 10 N–H and O–H groups in total. The molecule has 0 aliphatic carbocycles. The Morgan fingerprint density at radius 3 is 2.06 bits per heavy atom. The number of unbranched alkanes of at least 4 members (excludes halogenated alkanes) is 1. The summed E-state index contributed by atoms with van der Waals surface area (Å²) in [5, 5.41) is 17.0. The van der Waals surface area contributed by atoms with E-state index in [0.717, 1.165) is 0 Å². The molecule has 0 aliphatic rings. The molecule has 0 bridgehead atoms. The maximum Gasteiger partial charge on any atom is 0.326 e. The molecule has 3 amide bonds. The number of nitrogens with zero attached hydrogens (tertiary/aromatic N) is 2. The van der Waals surface area contributed by atoms with Crippen molar-refractivity contribution in [2.75, 3.05) is 6.54 Å². The summed E-state index contributed by atoms with van der Waals surface area (Å²) in [6, 6.07) is -4.17. The van der Waals surface area contributed by atoms with Crippen LogP contribution in [0.25, 0.3) is 0 Å². The summed E-state index contributed by atoms with van der Waals surface area (Å²) < 4.78 is 0. The average molecular weight is 492 g/mol. The van der Waals surface area contributed by atoms with Gasteiger partial charge in [-0.05, 0) is 32.7 Å². The van der Waals surface area contributed by atoms with Crippen LogP contribution in [0.4, 0.5) is 0 Å². The average Bonchev–Trinajstić information content (AvgIpc) is 3.52. The highest BCUT2D eigenvalue weighted by Crippen LogP contribution is 2.05. The molecular formula is C21H33N9O5. The number of aromatic amines is 2. The zero-order valence-corrected chi connectivity index (χ0v) is 19.5. The van der Waals surface area contributed by atoms with Gasteiger partial charge in [0.05, 0.1) is 18.7 Å². The molecule has 0 saturated heterocycles. The van der Waals surface area contributed by atoms with Gasteiger partial charge in [0, 0.05) is 36.6 Å². The molecule has 0 aromatic carbocycles. The number of H-pyrrole nitrogens is 2. The SMILES string of the molecule is CC(NC(=O)C(N)Cc1cnc[nH]1)C(=O)NC(Cc1cnc[nH]1)C(=O)NC(CCCCN)C(=O)O. The quantitative estimate of drug-likeness (QED) is 0.128. The summed E-state index contributed by atoms with van der Waals surface area (Å²) in [5.41, 5.74) is 12.6. The predicted molar refractivity (Wildman–Crippen MR) is 125 cm³/mol. The molecule has 0 radical (unpaired) electrons. The molecule has 0 saturated carbocycles. The first kappa shape index (κ1) is 27.5. The van der Waals surface area contributed by atoms with E-state index in [4.69, 9.17) is 11.5 Å². The zero-order valence-electron chi connectivity index (χ0n) is 19.5. The van der Waals surface area contributed by atoms with E-state index in [2.05, 4.69) is 35.9 Å². The van der Waals surface area contributed by atoms with E-state index in [1.54, 1.807) is 6.20 Å². The standard InChI is InChI=1S/C21H33N9O5/c1-12(28-19(32)15(23)6-13-8-24-10-26-13)18(31)30-17(7-14-9-25-11-27-14)20(33)29-16(21(34)35)4-2-3-5-22/h8-12,15-17H,2-7,22-23H2,1H3,(H,24,26)(H,25,27)(H,28,32)(H,29,33)(H,30,31)(H,34,35). The summed E-state index contributed by atoms with van der Waals surface area (Å²) in [7, 11) is 0. The molecule has 0 fully saturated rings. The van der Waals surface area contributed by atoms with E-state index >= 15 is 0 Å². The van der Waals surface area contributed by atoms with Gasteiger partial charge in [-0.1, -0.05) is 0 Å². The molecule has 14 heteroatoms. The maximum absolute atomic E-state index is 12.9. The van der Waals surface area contributed by atoms with Crippen LogP contribution in [0.5, 0.6) is 0 Å². The van der Waals surface area contributed by atoms with Crippen LogP contribution in [0.1, 0.15) is 37.6 Å². The molecule has 2 heterocycles. The van der Waals surface area contributed by atoms with Crippen molar-refractivity contribution in [3.63, 3.8) is 0 Å². The van der Waals surface area contributed by atoms with Crippen molar-refractivity contribution >= 4 is 23.7 Å². The van der Waals surface area contributed by atoms with Crippen LogP contribution >= 0.6 is 0 Å². The van der Waals surface area contributed by atoms with Gasteiger partial charge in [-0.15, -0.1) is 0 Å². The third kappa shape index (κ3) is 9.17. The van der Waals surface area contributed by atoms with E-state index in [0.29, 0.717) is 30.8 Å². The number of carboxylic acid groups (broad SMARTS) is 1. The van der Waals surface area contributed by atoms with E-state index in [1.165, 1.54) is 25.8 Å². The smallest absolute Gasteiger partial charge is 0.326 e. The number of carboxylic acids is 1. The maximum atomic E-state index is 12.9. The number of nitrogens with two attached hydrogens (primary N) is 2. The van der Waals surface area contributed by atoms with Crippen LogP contribution in [0.2, 0.25) is 0 Å². The fourth-order valence-electron chi connectivity index (χ4n) is 3.26. The zero-order chi connectivity index (χ0) is 25.8. The summed E-state index contributed by atoms with van der Waals surface area (Å²) in [6.45, 7) is 1.86. The van der Waals surface area contributed by atoms with E-state index in [-0.39, 0.29) is 19.3 Å². The third-order valence-corrected chi connectivity index (χ3v) is 5.26. The molecular weight excluding hydrogens is 458 g/mol. The normalized spacial score (nSPS) is 14.4. The van der Waals surface area contributed by atoms with Crippen molar-refractivity contribution in [2.45, 2.75) is 63.2 Å². The number of aromatic nitrogens is 4. The molecule has 2 aromatic rings. The Kier molecular flexibility index (Phi) is 10.8. The monoisotopic (exact) mass is 491 g/mol. The second kappa shape index (κ2) is 13.8. The van der Waals surface area contributed by atoms with Crippen LogP contribution in [0.15, 0.2) is 25.0 Å². The lowest BCUT2D eigenvalue weighted by Gasteiger charge is -2.23. The lowest BCUT2D eigenvalue weighted by atomic mass is 10.1. The molecule has 4 unspecified atom stereocenters. The van der Waals surface area contributed by atoms with Gasteiger partial charge in [-0.3, -0.25) is 14.4 Å². The van der Waals surface area contributed by atoms with Crippen molar-refractivity contribution < 1.29 is 24.3 Å². The molecule has 0 aliphatic heterocycles. The molecule has 35 heavy (non-hydrogen) atoms.